The predicted octanol–water partition coefficient (Wildman–Crippen LogP) is 2.68. The average Bonchev–Trinajstić information content (AvgIpc) is 2.92. The Bertz CT molecular complexity index is 471. The monoisotopic (exact) mass is 311 g/mol. The molecule has 0 saturated carbocycles. The molecule has 0 saturated heterocycles. The zero-order valence-electron chi connectivity index (χ0n) is 13.3. The smallest absolute Gasteiger partial charge is 0.270 e. The van der Waals surface area contributed by atoms with Gasteiger partial charge in [0.2, 0.25) is 5.91 Å². The minimum absolute atomic E-state index is 0.0242. The second-order valence-corrected chi connectivity index (χ2v) is 6.24. The van der Waals surface area contributed by atoms with Gasteiger partial charge in [0.15, 0.2) is 0 Å². The molecule has 5 nitrogen and oxygen atoms in total. The number of carbonyl (C=O) groups is 2. The van der Waals surface area contributed by atoms with Gasteiger partial charge >= 0.3 is 0 Å². The highest BCUT2D eigenvalue weighted by Gasteiger charge is 2.18. The number of nitrogens with one attached hydrogen (secondary N) is 1. The van der Waals surface area contributed by atoms with Crippen LogP contribution in [0.5, 0.6) is 0 Å². The molecule has 0 bridgehead atoms. The molecule has 6 heteroatoms. The molecule has 21 heavy (non-hydrogen) atoms. The van der Waals surface area contributed by atoms with Gasteiger partial charge in [0.25, 0.3) is 5.91 Å². The highest BCUT2D eigenvalue weighted by atomic mass is 32.1. The van der Waals surface area contributed by atoms with E-state index in [9.17, 15) is 9.59 Å². The van der Waals surface area contributed by atoms with E-state index in [0.717, 1.165) is 17.8 Å². The van der Waals surface area contributed by atoms with Crippen molar-refractivity contribution in [1.29, 1.82) is 0 Å². The summed E-state index contributed by atoms with van der Waals surface area (Å²) < 4.78 is 0. The average molecular weight is 311 g/mol. The van der Waals surface area contributed by atoms with Crippen LogP contribution in [0.3, 0.4) is 0 Å². The number of rotatable bonds is 8. The van der Waals surface area contributed by atoms with Crippen molar-refractivity contribution in [3.63, 3.8) is 0 Å². The van der Waals surface area contributed by atoms with E-state index in [2.05, 4.69) is 10.3 Å². The van der Waals surface area contributed by atoms with Crippen LogP contribution in [0.25, 0.3) is 0 Å². The fraction of sp³-hybridized carbons (Fsp3) is 0.667. The van der Waals surface area contributed by atoms with E-state index in [1.165, 1.54) is 11.3 Å². The van der Waals surface area contributed by atoms with Crippen molar-refractivity contribution in [2.24, 2.45) is 5.92 Å². The minimum Gasteiger partial charge on any atom is -0.351 e. The van der Waals surface area contributed by atoms with E-state index >= 15 is 0 Å². The number of aromatic nitrogens is 1. The highest BCUT2D eigenvalue weighted by molar-refractivity contribution is 7.09. The molecule has 0 aliphatic rings. The van der Waals surface area contributed by atoms with Gasteiger partial charge in [0, 0.05) is 24.4 Å². The van der Waals surface area contributed by atoms with Crippen LogP contribution >= 0.6 is 11.3 Å². The second kappa shape index (κ2) is 8.77. The quantitative estimate of drug-likeness (QED) is 0.803. The van der Waals surface area contributed by atoms with Gasteiger partial charge in [-0.25, -0.2) is 4.98 Å². The van der Waals surface area contributed by atoms with E-state index < -0.39 is 0 Å². The molecular weight excluding hydrogens is 286 g/mol. The molecule has 0 unspecified atom stereocenters. The summed E-state index contributed by atoms with van der Waals surface area (Å²) in [5, 5.41) is 5.37. The zero-order chi connectivity index (χ0) is 15.8. The van der Waals surface area contributed by atoms with Gasteiger partial charge in [0.1, 0.15) is 10.7 Å². The maximum absolute atomic E-state index is 12.1. The lowest BCUT2D eigenvalue weighted by molar-refractivity contribution is -0.135. The molecule has 1 N–H and O–H groups in total. The molecule has 0 atom stereocenters. The molecule has 0 spiro atoms. The first-order chi connectivity index (χ1) is 9.99. The van der Waals surface area contributed by atoms with Gasteiger partial charge in [-0.3, -0.25) is 9.59 Å². The fourth-order valence-electron chi connectivity index (χ4n) is 1.88. The SMILES string of the molecule is CCCNC(=O)c1csc(CN(CCC)C(=O)C(C)C)n1. The van der Waals surface area contributed by atoms with Crippen molar-refractivity contribution in [3.05, 3.63) is 16.1 Å². The molecule has 1 aromatic heterocycles. The Morgan fingerprint density at radius 3 is 2.62 bits per heavy atom. The number of hydrogen-bond acceptors (Lipinski definition) is 4. The van der Waals surface area contributed by atoms with Crippen molar-refractivity contribution in [2.45, 2.75) is 47.1 Å². The van der Waals surface area contributed by atoms with Crippen molar-refractivity contribution < 1.29 is 9.59 Å². The van der Waals surface area contributed by atoms with Gasteiger partial charge in [-0.05, 0) is 12.8 Å². The van der Waals surface area contributed by atoms with Crippen molar-refractivity contribution >= 4 is 23.2 Å². The Hall–Kier alpha value is -1.43. The van der Waals surface area contributed by atoms with Gasteiger partial charge in [-0.15, -0.1) is 11.3 Å². The summed E-state index contributed by atoms with van der Waals surface area (Å²) in [6, 6.07) is 0. The molecule has 0 radical (unpaired) electrons. The summed E-state index contributed by atoms with van der Waals surface area (Å²) >= 11 is 1.43. The third kappa shape index (κ3) is 5.46. The molecule has 0 fully saturated rings. The van der Waals surface area contributed by atoms with Crippen molar-refractivity contribution in [2.75, 3.05) is 13.1 Å². The van der Waals surface area contributed by atoms with Crippen LogP contribution in [0.1, 0.15) is 56.0 Å². The predicted molar refractivity (Wildman–Crippen MR) is 85.3 cm³/mol. The minimum atomic E-state index is -0.142. The standard InChI is InChI=1S/C15H25N3O2S/c1-5-7-16-14(19)12-10-21-13(17-12)9-18(8-6-2)15(20)11(3)4/h10-11H,5-9H2,1-4H3,(H,16,19). The molecule has 0 aliphatic heterocycles. The zero-order valence-corrected chi connectivity index (χ0v) is 14.1. The lowest BCUT2D eigenvalue weighted by atomic mass is 10.2. The molecular formula is C15H25N3O2S. The Morgan fingerprint density at radius 1 is 1.33 bits per heavy atom. The van der Waals surface area contributed by atoms with E-state index in [4.69, 9.17) is 0 Å². The van der Waals surface area contributed by atoms with Gasteiger partial charge in [-0.2, -0.15) is 0 Å². The van der Waals surface area contributed by atoms with Crippen LogP contribution < -0.4 is 5.32 Å². The van der Waals surface area contributed by atoms with Gasteiger partial charge in [0.05, 0.1) is 6.54 Å². The van der Waals surface area contributed by atoms with Crippen LogP contribution in [-0.2, 0) is 11.3 Å². The van der Waals surface area contributed by atoms with E-state index in [1.54, 1.807) is 5.38 Å². The topological polar surface area (TPSA) is 62.3 Å². The first-order valence-corrected chi connectivity index (χ1v) is 8.38. The Kier molecular flexibility index (Phi) is 7.36. The second-order valence-electron chi connectivity index (χ2n) is 5.30. The van der Waals surface area contributed by atoms with Crippen LogP contribution in [0, 0.1) is 5.92 Å². The summed E-state index contributed by atoms with van der Waals surface area (Å²) in [5.74, 6) is -0.0375. The normalized spacial score (nSPS) is 10.7. The molecule has 1 rings (SSSR count). The van der Waals surface area contributed by atoms with E-state index in [0.29, 0.717) is 25.3 Å². The van der Waals surface area contributed by atoms with Gasteiger partial charge in [-0.1, -0.05) is 27.7 Å². The summed E-state index contributed by atoms with van der Waals surface area (Å²) in [4.78, 5) is 30.1. The maximum Gasteiger partial charge on any atom is 0.270 e. The number of nitrogens with zero attached hydrogens (tertiary/aromatic N) is 2. The summed E-state index contributed by atoms with van der Waals surface area (Å²) in [6.07, 6.45) is 1.81. The van der Waals surface area contributed by atoms with Crippen molar-refractivity contribution in [3.8, 4) is 0 Å². The largest absolute Gasteiger partial charge is 0.351 e. The Balaban J connectivity index is 2.70. The number of carbonyl (C=O) groups excluding carboxylic acids is 2. The number of hydrogen-bond donors (Lipinski definition) is 1. The maximum atomic E-state index is 12.1. The van der Waals surface area contributed by atoms with Crippen LogP contribution in [0.2, 0.25) is 0 Å². The summed E-state index contributed by atoms with van der Waals surface area (Å²) in [6.45, 7) is 9.70. The van der Waals surface area contributed by atoms with Crippen molar-refractivity contribution in [1.82, 2.24) is 15.2 Å². The first kappa shape index (κ1) is 17.6. The van der Waals surface area contributed by atoms with E-state index in [-0.39, 0.29) is 17.7 Å². The third-order valence-corrected chi connectivity index (χ3v) is 3.78. The highest BCUT2D eigenvalue weighted by Crippen LogP contribution is 2.14. The molecule has 0 aromatic carbocycles. The first-order valence-electron chi connectivity index (χ1n) is 7.50. The molecule has 0 aliphatic carbocycles. The lowest BCUT2D eigenvalue weighted by Crippen LogP contribution is -2.34. The van der Waals surface area contributed by atoms with Crippen LogP contribution in [-0.4, -0.2) is 34.8 Å². The molecule has 118 valence electrons. The van der Waals surface area contributed by atoms with Gasteiger partial charge < -0.3 is 10.2 Å². The van der Waals surface area contributed by atoms with Crippen LogP contribution in [0.15, 0.2) is 5.38 Å². The Labute approximate surface area is 130 Å². The Morgan fingerprint density at radius 2 is 2.05 bits per heavy atom. The fourth-order valence-corrected chi connectivity index (χ4v) is 2.67. The molecule has 2 amide bonds. The summed E-state index contributed by atoms with van der Waals surface area (Å²) in [5.41, 5.74) is 0.442. The number of thiazole rings is 1. The van der Waals surface area contributed by atoms with E-state index in [1.807, 2.05) is 32.6 Å². The third-order valence-electron chi connectivity index (χ3n) is 2.95. The summed E-state index contributed by atoms with van der Waals surface area (Å²) in [7, 11) is 0. The number of amides is 2. The van der Waals surface area contributed by atoms with Crippen LogP contribution in [0.4, 0.5) is 0 Å². The lowest BCUT2D eigenvalue weighted by Gasteiger charge is -2.22. The molecule has 1 aromatic rings. The molecule has 1 heterocycles.